The first kappa shape index (κ1) is 19.8. The first-order valence-electron chi connectivity index (χ1n) is 7.93. The monoisotopic (exact) mass is 343 g/mol. The van der Waals surface area contributed by atoms with Gasteiger partial charge >= 0.3 is 0 Å². The van der Waals surface area contributed by atoms with Gasteiger partial charge in [-0.25, -0.2) is 0 Å². The van der Waals surface area contributed by atoms with Gasteiger partial charge in [0.1, 0.15) is 6.04 Å². The molecule has 0 aromatic heterocycles. The van der Waals surface area contributed by atoms with Gasteiger partial charge in [-0.1, -0.05) is 20.8 Å². The molecule has 0 aliphatic carbocycles. The molecule has 1 saturated heterocycles. The second-order valence-electron chi connectivity index (χ2n) is 7.53. The van der Waals surface area contributed by atoms with Crippen molar-refractivity contribution in [3.8, 4) is 0 Å². The third-order valence-corrected chi connectivity index (χ3v) is 4.39. The van der Waals surface area contributed by atoms with E-state index in [4.69, 9.17) is 0 Å². The lowest BCUT2D eigenvalue weighted by molar-refractivity contribution is -0.144. The molecule has 1 unspecified atom stereocenters. The Labute approximate surface area is 143 Å². The predicted octanol–water partition coefficient (Wildman–Crippen LogP) is 1.31. The van der Waals surface area contributed by atoms with Crippen molar-refractivity contribution in [2.24, 2.45) is 5.41 Å². The molecule has 23 heavy (non-hydrogen) atoms. The maximum Gasteiger partial charge on any atom is 0.246 e. The summed E-state index contributed by atoms with van der Waals surface area (Å²) in [6.07, 6.45) is 0.412. The maximum atomic E-state index is 12.6. The lowest BCUT2D eigenvalue weighted by Crippen LogP contribution is -2.50. The number of carbonyl (C=O) groups excluding carboxylic acids is 3. The highest BCUT2D eigenvalue weighted by Gasteiger charge is 2.37. The zero-order valence-electron chi connectivity index (χ0n) is 15.0. The summed E-state index contributed by atoms with van der Waals surface area (Å²) in [5.41, 5.74) is -0.110. The number of thioether (sulfide) groups is 1. The average Bonchev–Trinajstić information content (AvgIpc) is 2.83. The van der Waals surface area contributed by atoms with Crippen LogP contribution in [-0.2, 0) is 14.4 Å². The van der Waals surface area contributed by atoms with E-state index >= 15 is 0 Å². The summed E-state index contributed by atoms with van der Waals surface area (Å²) in [6.45, 7) is 9.79. The Morgan fingerprint density at radius 3 is 2.43 bits per heavy atom. The zero-order chi connectivity index (χ0) is 17.8. The number of carbonyl (C=O) groups is 3. The van der Waals surface area contributed by atoms with Gasteiger partial charge in [-0.05, 0) is 19.3 Å². The zero-order valence-corrected chi connectivity index (χ0v) is 15.8. The summed E-state index contributed by atoms with van der Waals surface area (Å²) < 4.78 is 0. The average molecular weight is 343 g/mol. The summed E-state index contributed by atoms with van der Waals surface area (Å²) >= 11 is 1.58. The molecule has 1 atom stereocenters. The number of hydrogen-bond acceptors (Lipinski definition) is 4. The van der Waals surface area contributed by atoms with E-state index in [-0.39, 0.29) is 35.7 Å². The van der Waals surface area contributed by atoms with E-state index in [0.717, 1.165) is 0 Å². The summed E-state index contributed by atoms with van der Waals surface area (Å²) in [4.78, 5) is 39.9. The van der Waals surface area contributed by atoms with Gasteiger partial charge in [-0.2, -0.15) is 0 Å². The van der Waals surface area contributed by atoms with Crippen LogP contribution < -0.4 is 5.32 Å². The van der Waals surface area contributed by atoms with Crippen LogP contribution in [0.4, 0.5) is 0 Å². The van der Waals surface area contributed by atoms with Crippen molar-refractivity contribution >= 4 is 29.5 Å². The van der Waals surface area contributed by atoms with Gasteiger partial charge in [0.15, 0.2) is 0 Å². The number of amides is 3. The fourth-order valence-electron chi connectivity index (χ4n) is 2.36. The van der Waals surface area contributed by atoms with Gasteiger partial charge in [0.2, 0.25) is 17.7 Å². The Morgan fingerprint density at radius 2 is 1.91 bits per heavy atom. The number of nitrogens with one attached hydrogen (secondary N) is 1. The lowest BCUT2D eigenvalue weighted by atomic mass is 9.91. The molecule has 132 valence electrons. The van der Waals surface area contributed by atoms with Gasteiger partial charge in [-0.15, -0.1) is 11.8 Å². The molecule has 3 amide bonds. The van der Waals surface area contributed by atoms with E-state index in [1.807, 2.05) is 34.6 Å². The first-order chi connectivity index (χ1) is 10.5. The third-order valence-electron chi connectivity index (χ3n) is 3.38. The highest BCUT2D eigenvalue weighted by molar-refractivity contribution is 7.99. The number of rotatable bonds is 5. The Balaban J connectivity index is 2.66. The Bertz CT molecular complexity index is 460. The molecule has 1 aliphatic rings. The van der Waals surface area contributed by atoms with Crippen LogP contribution in [0.15, 0.2) is 0 Å². The Hall–Kier alpha value is -1.24. The Kier molecular flexibility index (Phi) is 6.92. The van der Waals surface area contributed by atoms with Crippen molar-refractivity contribution in [3.63, 3.8) is 0 Å². The van der Waals surface area contributed by atoms with Gasteiger partial charge in [0, 0.05) is 25.3 Å². The van der Waals surface area contributed by atoms with Crippen molar-refractivity contribution < 1.29 is 14.4 Å². The molecule has 1 rings (SSSR count). The summed E-state index contributed by atoms with van der Waals surface area (Å²) in [5, 5.41) is 2.77. The molecule has 1 aliphatic heterocycles. The minimum atomic E-state index is -0.466. The van der Waals surface area contributed by atoms with Gasteiger partial charge in [0.05, 0.1) is 12.4 Å². The van der Waals surface area contributed by atoms with Crippen molar-refractivity contribution in [3.05, 3.63) is 0 Å². The second kappa shape index (κ2) is 8.04. The highest BCUT2D eigenvalue weighted by atomic mass is 32.2. The predicted molar refractivity (Wildman–Crippen MR) is 92.9 cm³/mol. The molecule has 0 aromatic rings. The van der Waals surface area contributed by atoms with Gasteiger partial charge in [0.25, 0.3) is 0 Å². The van der Waals surface area contributed by atoms with E-state index in [1.165, 1.54) is 4.90 Å². The van der Waals surface area contributed by atoms with Gasteiger partial charge < -0.3 is 15.1 Å². The van der Waals surface area contributed by atoms with Crippen LogP contribution in [-0.4, -0.2) is 64.8 Å². The van der Waals surface area contributed by atoms with E-state index < -0.39 is 6.04 Å². The summed E-state index contributed by atoms with van der Waals surface area (Å²) in [5.74, 6) is 0.772. The third kappa shape index (κ3) is 6.41. The van der Waals surface area contributed by atoms with Crippen LogP contribution in [0, 0.1) is 5.41 Å². The molecule has 0 saturated carbocycles. The molecule has 7 heteroatoms. The van der Waals surface area contributed by atoms with Crippen LogP contribution in [0.3, 0.4) is 0 Å². The number of nitrogens with zero attached hydrogens (tertiary/aromatic N) is 2. The molecule has 0 bridgehead atoms. The maximum absolute atomic E-state index is 12.6. The molecule has 0 radical (unpaired) electrons. The first-order valence-corrected chi connectivity index (χ1v) is 9.08. The van der Waals surface area contributed by atoms with E-state index in [0.29, 0.717) is 18.1 Å². The molecule has 0 spiro atoms. The highest BCUT2D eigenvalue weighted by Crippen LogP contribution is 2.27. The largest absolute Gasteiger partial charge is 0.352 e. The molecule has 1 heterocycles. The molecule has 1 N–H and O–H groups in total. The SMILES string of the molecule is CC(C)NC(=O)CN(C)C(=O)C1CSCN1C(=O)CC(C)(C)C. The molecule has 6 nitrogen and oxygen atoms in total. The molecular formula is C16H29N3O3S. The summed E-state index contributed by atoms with van der Waals surface area (Å²) in [6, 6.07) is -0.426. The minimum Gasteiger partial charge on any atom is -0.352 e. The minimum absolute atomic E-state index is 0.000817. The Morgan fingerprint density at radius 1 is 1.30 bits per heavy atom. The fourth-order valence-corrected chi connectivity index (χ4v) is 3.54. The van der Waals surface area contributed by atoms with Crippen molar-refractivity contribution in [1.29, 1.82) is 0 Å². The second-order valence-corrected chi connectivity index (χ2v) is 8.53. The van der Waals surface area contributed by atoms with Crippen molar-refractivity contribution in [2.75, 3.05) is 25.2 Å². The van der Waals surface area contributed by atoms with Crippen LogP contribution in [0.5, 0.6) is 0 Å². The van der Waals surface area contributed by atoms with Crippen LogP contribution >= 0.6 is 11.8 Å². The smallest absolute Gasteiger partial charge is 0.246 e. The van der Waals surface area contributed by atoms with Crippen LogP contribution in [0.25, 0.3) is 0 Å². The topological polar surface area (TPSA) is 69.7 Å². The normalized spacial score (nSPS) is 18.2. The van der Waals surface area contributed by atoms with Crippen molar-refractivity contribution in [1.82, 2.24) is 15.1 Å². The van der Waals surface area contributed by atoms with E-state index in [9.17, 15) is 14.4 Å². The van der Waals surface area contributed by atoms with E-state index in [2.05, 4.69) is 5.32 Å². The standard InChI is InChI=1S/C16H29N3O3S/c1-11(2)17-13(20)8-18(6)15(22)12-9-23-10-19(12)14(21)7-16(3,4)5/h11-12H,7-10H2,1-6H3,(H,17,20). The lowest BCUT2D eigenvalue weighted by Gasteiger charge is -2.29. The number of hydrogen-bond donors (Lipinski definition) is 1. The quantitative estimate of drug-likeness (QED) is 0.817. The van der Waals surface area contributed by atoms with Crippen molar-refractivity contribution in [2.45, 2.75) is 53.1 Å². The summed E-state index contributed by atoms with van der Waals surface area (Å²) in [7, 11) is 1.61. The number of likely N-dealkylation sites (N-methyl/N-ethyl adjacent to an activating group) is 1. The van der Waals surface area contributed by atoms with Gasteiger partial charge in [-0.3, -0.25) is 14.4 Å². The molecule has 1 fully saturated rings. The van der Waals surface area contributed by atoms with Crippen LogP contribution in [0.2, 0.25) is 0 Å². The molecule has 0 aromatic carbocycles. The van der Waals surface area contributed by atoms with Crippen LogP contribution in [0.1, 0.15) is 41.0 Å². The van der Waals surface area contributed by atoms with E-state index in [1.54, 1.807) is 23.7 Å². The molecular weight excluding hydrogens is 314 g/mol. The fraction of sp³-hybridized carbons (Fsp3) is 0.812.